The van der Waals surface area contributed by atoms with Crippen LogP contribution in [0.4, 0.5) is 0 Å². The van der Waals surface area contributed by atoms with Gasteiger partial charge in [-0.05, 0) is 41.6 Å². The molecule has 0 nitrogen and oxygen atoms in total. The third-order valence-electron chi connectivity index (χ3n) is 5.61. The van der Waals surface area contributed by atoms with Crippen molar-refractivity contribution in [3.8, 4) is 0 Å². The quantitative estimate of drug-likeness (QED) is 0.455. The zero-order chi connectivity index (χ0) is 10.8. The van der Waals surface area contributed by atoms with Gasteiger partial charge in [0.1, 0.15) is 0 Å². The van der Waals surface area contributed by atoms with E-state index in [1.165, 1.54) is 19.3 Å². The van der Waals surface area contributed by atoms with Crippen LogP contribution in [0.1, 0.15) is 40.0 Å². The van der Waals surface area contributed by atoms with Crippen LogP contribution in [0.5, 0.6) is 0 Å². The van der Waals surface area contributed by atoms with Crippen LogP contribution in [0.3, 0.4) is 0 Å². The van der Waals surface area contributed by atoms with E-state index in [1.807, 2.05) is 0 Å². The highest BCUT2D eigenvalue weighted by Crippen LogP contribution is 2.72. The molecule has 3 saturated carbocycles. The molecule has 0 aromatic heterocycles. The Morgan fingerprint density at radius 2 is 1.79 bits per heavy atom. The van der Waals surface area contributed by atoms with E-state index in [0.29, 0.717) is 10.5 Å². The summed E-state index contributed by atoms with van der Waals surface area (Å²) >= 11 is 6.74. The number of fused-ring (bicyclic) bond motifs is 2. The molecular weight excluding hydrogens is 208 g/mol. The van der Waals surface area contributed by atoms with E-state index in [-0.39, 0.29) is 0 Å². The second-order valence-electron chi connectivity index (χ2n) is 6.74. The fraction of sp³-hybridized carbons (Fsp3) is 1.00. The lowest BCUT2D eigenvalue weighted by Gasteiger charge is -2.67. The zero-order valence-corrected chi connectivity index (χ0v) is 11.9. The highest BCUT2D eigenvalue weighted by atomic mass is 35.6. The standard InChI is InChI=1S/C12H23ClSi/c1-11(2)9-6-7-12(3,10(11)8-9)14(4,5)13/h9-10H,6-8H2,1-5H3. The van der Waals surface area contributed by atoms with Crippen molar-refractivity contribution >= 4 is 18.5 Å². The van der Waals surface area contributed by atoms with Crippen molar-refractivity contribution in [2.24, 2.45) is 17.3 Å². The second-order valence-corrected chi connectivity index (χ2v) is 13.7. The van der Waals surface area contributed by atoms with Crippen molar-refractivity contribution in [2.75, 3.05) is 0 Å². The molecule has 3 aliphatic rings. The fourth-order valence-electron chi connectivity index (χ4n) is 3.95. The molecule has 2 heteroatoms. The first-order valence-electron chi connectivity index (χ1n) is 5.88. The van der Waals surface area contributed by atoms with Crippen LogP contribution in [0.2, 0.25) is 18.1 Å². The third kappa shape index (κ3) is 1.18. The summed E-state index contributed by atoms with van der Waals surface area (Å²) in [6, 6.07) is 0. The van der Waals surface area contributed by atoms with E-state index in [9.17, 15) is 0 Å². The molecule has 3 rings (SSSR count). The van der Waals surface area contributed by atoms with Crippen LogP contribution < -0.4 is 0 Å². The Labute approximate surface area is 94.1 Å². The molecule has 0 radical (unpaired) electrons. The Hall–Kier alpha value is 0.507. The minimum Gasteiger partial charge on any atom is -0.167 e. The van der Waals surface area contributed by atoms with Gasteiger partial charge in [0.05, 0.1) is 0 Å². The normalized spacial score (nSPS) is 45.9. The summed E-state index contributed by atoms with van der Waals surface area (Å²) in [5.74, 6) is 1.89. The number of halogens is 1. The summed E-state index contributed by atoms with van der Waals surface area (Å²) in [6.45, 7) is 12.1. The summed E-state index contributed by atoms with van der Waals surface area (Å²) in [5, 5.41) is 0.479. The molecule has 0 aromatic carbocycles. The van der Waals surface area contributed by atoms with Crippen LogP contribution in [0.25, 0.3) is 0 Å². The fourth-order valence-corrected chi connectivity index (χ4v) is 6.68. The van der Waals surface area contributed by atoms with Gasteiger partial charge in [-0.2, -0.15) is 11.1 Å². The third-order valence-corrected chi connectivity index (χ3v) is 10.2. The molecule has 0 N–H and O–H groups in total. The molecule has 0 aromatic rings. The molecule has 82 valence electrons. The first-order valence-corrected chi connectivity index (χ1v) is 9.90. The largest absolute Gasteiger partial charge is 0.167 e. The summed E-state index contributed by atoms with van der Waals surface area (Å²) in [5.41, 5.74) is 0.576. The molecule has 0 heterocycles. The lowest BCUT2D eigenvalue weighted by Crippen LogP contribution is -2.59. The van der Waals surface area contributed by atoms with E-state index in [1.54, 1.807) is 0 Å². The van der Waals surface area contributed by atoms with Gasteiger partial charge < -0.3 is 0 Å². The maximum Gasteiger partial charge on any atom is 0.156 e. The summed E-state index contributed by atoms with van der Waals surface area (Å²) in [7, 11) is -1.52. The monoisotopic (exact) mass is 230 g/mol. The Kier molecular flexibility index (Phi) is 2.20. The van der Waals surface area contributed by atoms with Gasteiger partial charge in [0.15, 0.2) is 7.38 Å². The Morgan fingerprint density at radius 1 is 1.21 bits per heavy atom. The van der Waals surface area contributed by atoms with Gasteiger partial charge in [0.2, 0.25) is 0 Å². The molecule has 0 amide bonds. The molecule has 0 aliphatic heterocycles. The van der Waals surface area contributed by atoms with Crippen molar-refractivity contribution in [1.29, 1.82) is 0 Å². The molecule has 3 aliphatic carbocycles. The Morgan fingerprint density at radius 3 is 2.07 bits per heavy atom. The SMILES string of the molecule is CC1(C)C2CCC(C)([Si](C)(C)Cl)C1C2. The average molecular weight is 231 g/mol. The molecule has 0 saturated heterocycles. The maximum atomic E-state index is 6.74. The van der Waals surface area contributed by atoms with Gasteiger partial charge in [-0.25, -0.2) is 0 Å². The van der Waals surface area contributed by atoms with Gasteiger partial charge in [-0.3, -0.25) is 0 Å². The smallest absolute Gasteiger partial charge is 0.156 e. The molecule has 3 atom stereocenters. The van der Waals surface area contributed by atoms with Crippen LogP contribution >= 0.6 is 11.1 Å². The predicted octanol–water partition coefficient (Wildman–Crippen LogP) is 4.65. The Balaban J connectivity index is 2.30. The van der Waals surface area contributed by atoms with E-state index in [2.05, 4.69) is 33.9 Å². The first kappa shape index (κ1) is 11.0. The Bertz CT molecular complexity index is 248. The summed E-state index contributed by atoms with van der Waals surface area (Å²) in [4.78, 5) is 0. The molecule has 3 unspecified atom stereocenters. The van der Waals surface area contributed by atoms with E-state index < -0.39 is 7.38 Å². The van der Waals surface area contributed by atoms with Gasteiger partial charge in [-0.1, -0.05) is 33.9 Å². The van der Waals surface area contributed by atoms with Gasteiger partial charge in [0, 0.05) is 0 Å². The number of hydrogen-bond donors (Lipinski definition) is 0. The summed E-state index contributed by atoms with van der Waals surface area (Å²) < 4.78 is 0. The van der Waals surface area contributed by atoms with Crippen LogP contribution in [-0.2, 0) is 0 Å². The molecule has 0 spiro atoms. The number of rotatable bonds is 1. The minimum atomic E-state index is -1.52. The van der Waals surface area contributed by atoms with Crippen molar-refractivity contribution in [3.05, 3.63) is 0 Å². The van der Waals surface area contributed by atoms with Crippen LogP contribution in [0, 0.1) is 17.3 Å². The maximum absolute atomic E-state index is 6.74. The van der Waals surface area contributed by atoms with Gasteiger partial charge in [-0.15, -0.1) is 0 Å². The van der Waals surface area contributed by atoms with Crippen LogP contribution in [0.15, 0.2) is 0 Å². The highest BCUT2D eigenvalue weighted by molar-refractivity contribution is 7.20. The first-order chi connectivity index (χ1) is 6.19. The average Bonchev–Trinajstić information content (AvgIpc) is 2.01. The molecular formula is C12H23ClSi. The van der Waals surface area contributed by atoms with Crippen molar-refractivity contribution in [1.82, 2.24) is 0 Å². The van der Waals surface area contributed by atoms with E-state index in [0.717, 1.165) is 11.8 Å². The van der Waals surface area contributed by atoms with Crippen LogP contribution in [-0.4, -0.2) is 7.38 Å². The lowest BCUT2D eigenvalue weighted by molar-refractivity contribution is -0.0935. The number of hydrogen-bond acceptors (Lipinski definition) is 0. The van der Waals surface area contributed by atoms with Crippen molar-refractivity contribution < 1.29 is 0 Å². The zero-order valence-electron chi connectivity index (χ0n) is 10.2. The summed E-state index contributed by atoms with van der Waals surface area (Å²) in [6.07, 6.45) is 4.25. The second kappa shape index (κ2) is 2.79. The molecule has 3 fully saturated rings. The highest BCUT2D eigenvalue weighted by Gasteiger charge is 2.63. The topological polar surface area (TPSA) is 0 Å². The van der Waals surface area contributed by atoms with E-state index >= 15 is 0 Å². The van der Waals surface area contributed by atoms with Crippen molar-refractivity contribution in [2.45, 2.75) is 58.2 Å². The van der Waals surface area contributed by atoms with Gasteiger partial charge in [0.25, 0.3) is 0 Å². The minimum absolute atomic E-state index is 0.479. The van der Waals surface area contributed by atoms with Crippen molar-refractivity contribution in [3.63, 3.8) is 0 Å². The van der Waals surface area contributed by atoms with E-state index in [4.69, 9.17) is 11.1 Å². The predicted molar refractivity (Wildman–Crippen MR) is 66.3 cm³/mol. The lowest BCUT2D eigenvalue weighted by atomic mass is 9.45. The molecule has 14 heavy (non-hydrogen) atoms. The molecule has 2 bridgehead atoms. The van der Waals surface area contributed by atoms with Gasteiger partial charge >= 0.3 is 0 Å².